The van der Waals surface area contributed by atoms with E-state index in [4.69, 9.17) is 10.5 Å². The molecule has 0 spiro atoms. The first-order valence-electron chi connectivity index (χ1n) is 8.77. The highest BCUT2D eigenvalue weighted by atomic mass is 16.5. The molecule has 1 aromatic rings. The van der Waals surface area contributed by atoms with E-state index in [1.54, 1.807) is 24.3 Å². The Labute approximate surface area is 148 Å². The van der Waals surface area contributed by atoms with E-state index in [0.29, 0.717) is 30.3 Å². The minimum atomic E-state index is -0.526. The zero-order valence-corrected chi connectivity index (χ0v) is 14.9. The number of benzene rings is 1. The largest absolute Gasteiger partial charge is 0.376 e. The van der Waals surface area contributed by atoms with Crippen LogP contribution >= 0.6 is 0 Å². The van der Waals surface area contributed by atoms with Crippen LogP contribution < -0.4 is 21.7 Å². The fourth-order valence-corrected chi connectivity index (χ4v) is 2.67. The molecule has 5 N–H and O–H groups in total. The van der Waals surface area contributed by atoms with Crippen LogP contribution in [0.4, 0.5) is 16.2 Å². The molecule has 7 nitrogen and oxygen atoms in total. The second kappa shape index (κ2) is 9.39. The Morgan fingerprint density at radius 2 is 1.84 bits per heavy atom. The zero-order chi connectivity index (χ0) is 18.2. The van der Waals surface area contributed by atoms with Crippen LogP contribution in [0.3, 0.4) is 0 Å². The van der Waals surface area contributed by atoms with E-state index in [0.717, 1.165) is 19.4 Å². The first-order chi connectivity index (χ1) is 11.9. The van der Waals surface area contributed by atoms with Crippen LogP contribution in [0.2, 0.25) is 0 Å². The molecule has 2 rings (SSSR count). The molecular formula is C18H28N4O3. The summed E-state index contributed by atoms with van der Waals surface area (Å²) in [5.41, 5.74) is 7.15. The van der Waals surface area contributed by atoms with Gasteiger partial charge in [-0.2, -0.15) is 0 Å². The van der Waals surface area contributed by atoms with Crippen molar-refractivity contribution in [1.82, 2.24) is 5.32 Å². The van der Waals surface area contributed by atoms with Crippen LogP contribution in [0.15, 0.2) is 24.3 Å². The molecule has 0 bridgehead atoms. The summed E-state index contributed by atoms with van der Waals surface area (Å²) in [6.45, 7) is 5.32. The molecular weight excluding hydrogens is 320 g/mol. The molecule has 1 aromatic carbocycles. The summed E-state index contributed by atoms with van der Waals surface area (Å²) in [6.07, 6.45) is 2.77. The number of nitrogens with two attached hydrogens (primary N) is 1. The maximum Gasteiger partial charge on any atom is 0.319 e. The van der Waals surface area contributed by atoms with Crippen molar-refractivity contribution in [1.29, 1.82) is 0 Å². The molecule has 1 heterocycles. The Balaban J connectivity index is 1.76. The molecule has 1 saturated heterocycles. The van der Waals surface area contributed by atoms with Crippen LogP contribution in [-0.2, 0) is 9.53 Å². The standard InChI is InChI=1S/C18H28N4O3/c1-12(2)10-16(19)17(23)21-13-5-7-14(8-6-13)22-18(24)20-11-15-4-3-9-25-15/h5-8,12,15-16H,3-4,9-11,19H2,1-2H3,(H,21,23)(H2,20,22,24)/t15?,16-/m0/s1. The van der Waals surface area contributed by atoms with Crippen molar-refractivity contribution in [2.24, 2.45) is 11.7 Å². The first kappa shape index (κ1) is 19.2. The lowest BCUT2D eigenvalue weighted by Gasteiger charge is -2.14. The Morgan fingerprint density at radius 3 is 2.40 bits per heavy atom. The number of nitrogens with one attached hydrogen (secondary N) is 3. The Kier molecular flexibility index (Phi) is 7.21. The highest BCUT2D eigenvalue weighted by molar-refractivity contribution is 5.95. The molecule has 3 amide bonds. The summed E-state index contributed by atoms with van der Waals surface area (Å²) in [5, 5.41) is 8.32. The summed E-state index contributed by atoms with van der Waals surface area (Å²) in [5.74, 6) is 0.157. The minimum absolute atomic E-state index is 0.110. The molecule has 1 fully saturated rings. The van der Waals surface area contributed by atoms with Crippen molar-refractivity contribution in [3.8, 4) is 0 Å². The van der Waals surface area contributed by atoms with Gasteiger partial charge in [-0.3, -0.25) is 4.79 Å². The number of urea groups is 1. The molecule has 25 heavy (non-hydrogen) atoms. The lowest BCUT2D eigenvalue weighted by molar-refractivity contribution is -0.117. The number of carbonyl (C=O) groups is 2. The van der Waals surface area contributed by atoms with E-state index >= 15 is 0 Å². The van der Waals surface area contributed by atoms with E-state index in [-0.39, 0.29) is 18.0 Å². The molecule has 1 aliphatic rings. The number of hydrogen-bond acceptors (Lipinski definition) is 4. The van der Waals surface area contributed by atoms with Crippen LogP contribution in [0.1, 0.15) is 33.1 Å². The van der Waals surface area contributed by atoms with Gasteiger partial charge in [-0.25, -0.2) is 4.79 Å². The summed E-state index contributed by atoms with van der Waals surface area (Å²) < 4.78 is 5.46. The normalized spacial score (nSPS) is 18.0. The van der Waals surface area contributed by atoms with Crippen molar-refractivity contribution < 1.29 is 14.3 Å². The maximum absolute atomic E-state index is 12.0. The number of anilines is 2. The molecule has 138 valence electrons. The molecule has 0 radical (unpaired) electrons. The van der Waals surface area contributed by atoms with E-state index in [1.807, 2.05) is 13.8 Å². The monoisotopic (exact) mass is 348 g/mol. The number of amides is 3. The van der Waals surface area contributed by atoms with Crippen molar-refractivity contribution in [2.45, 2.75) is 45.3 Å². The topological polar surface area (TPSA) is 105 Å². The second-order valence-electron chi connectivity index (χ2n) is 6.77. The van der Waals surface area contributed by atoms with Crippen molar-refractivity contribution >= 4 is 23.3 Å². The molecule has 1 aliphatic heterocycles. The Bertz CT molecular complexity index is 568. The molecule has 0 aromatic heterocycles. The summed E-state index contributed by atoms with van der Waals surface area (Å²) in [6, 6.07) is 6.13. The van der Waals surface area contributed by atoms with Gasteiger partial charge in [-0.1, -0.05) is 13.8 Å². The van der Waals surface area contributed by atoms with Gasteiger partial charge < -0.3 is 26.4 Å². The summed E-state index contributed by atoms with van der Waals surface area (Å²) >= 11 is 0. The lowest BCUT2D eigenvalue weighted by Crippen LogP contribution is -2.36. The molecule has 7 heteroatoms. The lowest BCUT2D eigenvalue weighted by atomic mass is 10.0. The van der Waals surface area contributed by atoms with Crippen LogP contribution in [0.25, 0.3) is 0 Å². The van der Waals surface area contributed by atoms with Gasteiger partial charge in [0, 0.05) is 24.5 Å². The summed E-state index contributed by atoms with van der Waals surface area (Å²) in [4.78, 5) is 23.9. The Hall–Kier alpha value is -2.12. The van der Waals surface area contributed by atoms with Crippen LogP contribution in [-0.4, -0.2) is 37.2 Å². The number of rotatable bonds is 7. The molecule has 0 aliphatic carbocycles. The number of hydrogen-bond donors (Lipinski definition) is 4. The fourth-order valence-electron chi connectivity index (χ4n) is 2.67. The number of ether oxygens (including phenoxy) is 1. The predicted octanol–water partition coefficient (Wildman–Crippen LogP) is 2.30. The van der Waals surface area contributed by atoms with E-state index < -0.39 is 6.04 Å². The third kappa shape index (κ3) is 6.72. The van der Waals surface area contributed by atoms with Gasteiger partial charge in [0.1, 0.15) is 0 Å². The van der Waals surface area contributed by atoms with Crippen molar-refractivity contribution in [3.63, 3.8) is 0 Å². The smallest absolute Gasteiger partial charge is 0.319 e. The van der Waals surface area contributed by atoms with Gasteiger partial charge in [0.25, 0.3) is 0 Å². The van der Waals surface area contributed by atoms with Gasteiger partial charge in [-0.05, 0) is 49.4 Å². The van der Waals surface area contributed by atoms with E-state index in [9.17, 15) is 9.59 Å². The van der Waals surface area contributed by atoms with E-state index in [2.05, 4.69) is 16.0 Å². The third-order valence-corrected chi connectivity index (χ3v) is 3.99. The van der Waals surface area contributed by atoms with Gasteiger partial charge in [0.05, 0.1) is 12.1 Å². The van der Waals surface area contributed by atoms with E-state index in [1.165, 1.54) is 0 Å². The van der Waals surface area contributed by atoms with Crippen LogP contribution in [0.5, 0.6) is 0 Å². The van der Waals surface area contributed by atoms with Crippen molar-refractivity contribution in [3.05, 3.63) is 24.3 Å². The number of carbonyl (C=O) groups excluding carboxylic acids is 2. The molecule has 1 unspecified atom stereocenters. The Morgan fingerprint density at radius 1 is 1.20 bits per heavy atom. The SMILES string of the molecule is CC(C)C[C@H](N)C(=O)Nc1ccc(NC(=O)NCC2CCCO2)cc1. The molecule has 2 atom stereocenters. The zero-order valence-electron chi connectivity index (χ0n) is 14.9. The average molecular weight is 348 g/mol. The quantitative estimate of drug-likeness (QED) is 0.607. The fraction of sp³-hybridized carbons (Fsp3) is 0.556. The average Bonchev–Trinajstić information content (AvgIpc) is 3.07. The maximum atomic E-state index is 12.0. The van der Waals surface area contributed by atoms with Gasteiger partial charge >= 0.3 is 6.03 Å². The van der Waals surface area contributed by atoms with Gasteiger partial charge in [-0.15, -0.1) is 0 Å². The van der Waals surface area contributed by atoms with Crippen molar-refractivity contribution in [2.75, 3.05) is 23.8 Å². The summed E-state index contributed by atoms with van der Waals surface area (Å²) in [7, 11) is 0. The highest BCUT2D eigenvalue weighted by Crippen LogP contribution is 2.15. The highest BCUT2D eigenvalue weighted by Gasteiger charge is 2.16. The second-order valence-corrected chi connectivity index (χ2v) is 6.77. The van der Waals surface area contributed by atoms with Gasteiger partial charge in [0.15, 0.2) is 0 Å². The van der Waals surface area contributed by atoms with Crippen LogP contribution in [0, 0.1) is 5.92 Å². The predicted molar refractivity (Wildman–Crippen MR) is 98.5 cm³/mol. The molecule has 0 saturated carbocycles. The minimum Gasteiger partial charge on any atom is -0.376 e. The first-order valence-corrected chi connectivity index (χ1v) is 8.77. The third-order valence-electron chi connectivity index (χ3n) is 3.99. The van der Waals surface area contributed by atoms with Gasteiger partial charge in [0.2, 0.25) is 5.91 Å².